The van der Waals surface area contributed by atoms with Crippen LogP contribution in [0, 0.1) is 0 Å². The molecule has 0 aromatic heterocycles. The zero-order chi connectivity index (χ0) is 8.10. The number of unbranched alkanes of at least 4 members (excludes halogenated alkanes) is 2. The third kappa shape index (κ3) is 2.89. The van der Waals surface area contributed by atoms with Gasteiger partial charge < -0.3 is 5.32 Å². The van der Waals surface area contributed by atoms with Crippen molar-refractivity contribution in [2.75, 3.05) is 19.8 Å². The third-order valence-electron chi connectivity index (χ3n) is 1.94. The van der Waals surface area contributed by atoms with E-state index in [0.717, 1.165) is 13.2 Å². The molecule has 0 bridgehead atoms. The Hall–Kier alpha value is -0.570. The average molecular weight is 156 g/mol. The molecule has 1 amide bonds. The van der Waals surface area contributed by atoms with Crippen LogP contribution in [0.2, 0.25) is 0 Å². The summed E-state index contributed by atoms with van der Waals surface area (Å²) >= 11 is 0. The van der Waals surface area contributed by atoms with Gasteiger partial charge >= 0.3 is 0 Å². The highest BCUT2D eigenvalue weighted by atomic mass is 16.2. The van der Waals surface area contributed by atoms with Gasteiger partial charge in [-0.05, 0) is 6.42 Å². The van der Waals surface area contributed by atoms with Crippen LogP contribution in [0.1, 0.15) is 26.2 Å². The average Bonchev–Trinajstić information content (AvgIpc) is 2.37. The van der Waals surface area contributed by atoms with Gasteiger partial charge in [-0.25, -0.2) is 0 Å². The highest BCUT2D eigenvalue weighted by molar-refractivity contribution is 5.79. The van der Waals surface area contributed by atoms with Gasteiger partial charge in [-0.3, -0.25) is 9.69 Å². The highest BCUT2D eigenvalue weighted by Crippen LogP contribution is 1.99. The van der Waals surface area contributed by atoms with Gasteiger partial charge in [-0.1, -0.05) is 19.8 Å². The molecule has 3 nitrogen and oxygen atoms in total. The lowest BCUT2D eigenvalue weighted by Crippen LogP contribution is -2.22. The van der Waals surface area contributed by atoms with Crippen LogP contribution in [0.5, 0.6) is 0 Å². The summed E-state index contributed by atoms with van der Waals surface area (Å²) in [6, 6.07) is 0. The molecule has 0 spiro atoms. The Morgan fingerprint density at radius 2 is 2.36 bits per heavy atom. The SMILES string of the molecule is CCCCCN1CNC(=O)C1. The van der Waals surface area contributed by atoms with Gasteiger partial charge in [0.1, 0.15) is 0 Å². The molecule has 1 N–H and O–H groups in total. The number of hydrogen-bond donors (Lipinski definition) is 1. The van der Waals surface area contributed by atoms with Gasteiger partial charge in [-0.15, -0.1) is 0 Å². The molecule has 1 rings (SSSR count). The van der Waals surface area contributed by atoms with Crippen molar-refractivity contribution in [1.29, 1.82) is 0 Å². The van der Waals surface area contributed by atoms with Crippen molar-refractivity contribution in [2.45, 2.75) is 26.2 Å². The van der Waals surface area contributed by atoms with Crippen molar-refractivity contribution in [1.82, 2.24) is 10.2 Å². The highest BCUT2D eigenvalue weighted by Gasteiger charge is 2.16. The fourth-order valence-electron chi connectivity index (χ4n) is 1.26. The van der Waals surface area contributed by atoms with Crippen LogP contribution in [-0.2, 0) is 4.79 Å². The molecule has 0 aromatic carbocycles. The molecule has 0 unspecified atom stereocenters. The Labute approximate surface area is 67.8 Å². The largest absolute Gasteiger partial charge is 0.342 e. The van der Waals surface area contributed by atoms with Crippen molar-refractivity contribution in [2.24, 2.45) is 0 Å². The molecular weight excluding hydrogens is 140 g/mol. The van der Waals surface area contributed by atoms with E-state index in [9.17, 15) is 4.79 Å². The standard InChI is InChI=1S/C8H16N2O/c1-2-3-4-5-10-6-8(11)9-7-10/h2-7H2,1H3,(H,9,11). The van der Waals surface area contributed by atoms with E-state index in [2.05, 4.69) is 17.1 Å². The fourth-order valence-corrected chi connectivity index (χ4v) is 1.26. The molecule has 11 heavy (non-hydrogen) atoms. The zero-order valence-corrected chi connectivity index (χ0v) is 7.10. The van der Waals surface area contributed by atoms with Crippen LogP contribution >= 0.6 is 0 Å². The van der Waals surface area contributed by atoms with E-state index in [0.29, 0.717) is 6.54 Å². The molecule has 3 heteroatoms. The van der Waals surface area contributed by atoms with E-state index in [1.807, 2.05) is 0 Å². The fraction of sp³-hybridized carbons (Fsp3) is 0.875. The van der Waals surface area contributed by atoms with Crippen LogP contribution in [-0.4, -0.2) is 30.6 Å². The maximum atomic E-state index is 10.7. The second-order valence-corrected chi connectivity index (χ2v) is 3.02. The maximum absolute atomic E-state index is 10.7. The first-order valence-corrected chi connectivity index (χ1v) is 4.32. The first kappa shape index (κ1) is 8.53. The predicted molar refractivity (Wildman–Crippen MR) is 44.1 cm³/mol. The molecule has 0 atom stereocenters. The zero-order valence-electron chi connectivity index (χ0n) is 7.10. The summed E-state index contributed by atoms with van der Waals surface area (Å²) in [4.78, 5) is 12.9. The summed E-state index contributed by atoms with van der Waals surface area (Å²) in [5.41, 5.74) is 0. The van der Waals surface area contributed by atoms with Gasteiger partial charge in [0.25, 0.3) is 0 Å². The minimum Gasteiger partial charge on any atom is -0.342 e. The van der Waals surface area contributed by atoms with Crippen molar-refractivity contribution < 1.29 is 4.79 Å². The Bertz CT molecular complexity index is 136. The molecule has 0 aliphatic carbocycles. The first-order valence-electron chi connectivity index (χ1n) is 4.32. The van der Waals surface area contributed by atoms with Crippen molar-refractivity contribution in [3.63, 3.8) is 0 Å². The van der Waals surface area contributed by atoms with Crippen LogP contribution < -0.4 is 5.32 Å². The molecule has 1 saturated heterocycles. The summed E-state index contributed by atoms with van der Waals surface area (Å²) in [5, 5.41) is 2.78. The normalized spacial score (nSPS) is 18.8. The Morgan fingerprint density at radius 3 is 2.91 bits per heavy atom. The second-order valence-electron chi connectivity index (χ2n) is 3.02. The van der Waals surface area contributed by atoms with E-state index in [1.165, 1.54) is 19.3 Å². The topological polar surface area (TPSA) is 32.3 Å². The van der Waals surface area contributed by atoms with Crippen LogP contribution in [0.3, 0.4) is 0 Å². The van der Waals surface area contributed by atoms with Crippen molar-refractivity contribution in [3.8, 4) is 0 Å². The van der Waals surface area contributed by atoms with E-state index < -0.39 is 0 Å². The van der Waals surface area contributed by atoms with Crippen LogP contribution in [0.15, 0.2) is 0 Å². The monoisotopic (exact) mass is 156 g/mol. The van der Waals surface area contributed by atoms with E-state index in [1.54, 1.807) is 0 Å². The summed E-state index contributed by atoms with van der Waals surface area (Å²) in [6.07, 6.45) is 3.73. The Kier molecular flexibility index (Phi) is 3.36. The summed E-state index contributed by atoms with van der Waals surface area (Å²) < 4.78 is 0. The third-order valence-corrected chi connectivity index (χ3v) is 1.94. The van der Waals surface area contributed by atoms with Gasteiger partial charge in [0, 0.05) is 6.54 Å². The summed E-state index contributed by atoms with van der Waals surface area (Å²) in [6.45, 7) is 4.60. The number of hydrogen-bond acceptors (Lipinski definition) is 2. The summed E-state index contributed by atoms with van der Waals surface area (Å²) in [5.74, 6) is 0.168. The van der Waals surface area contributed by atoms with Gasteiger partial charge in [-0.2, -0.15) is 0 Å². The van der Waals surface area contributed by atoms with E-state index in [-0.39, 0.29) is 5.91 Å². The van der Waals surface area contributed by atoms with Gasteiger partial charge in [0.15, 0.2) is 0 Å². The minimum absolute atomic E-state index is 0.168. The van der Waals surface area contributed by atoms with Crippen LogP contribution in [0.25, 0.3) is 0 Å². The van der Waals surface area contributed by atoms with Crippen molar-refractivity contribution in [3.05, 3.63) is 0 Å². The Morgan fingerprint density at radius 1 is 1.55 bits per heavy atom. The molecule has 1 aliphatic heterocycles. The maximum Gasteiger partial charge on any atom is 0.235 e. The van der Waals surface area contributed by atoms with Crippen molar-refractivity contribution >= 4 is 5.91 Å². The lowest BCUT2D eigenvalue weighted by molar-refractivity contribution is -0.118. The predicted octanol–water partition coefficient (Wildman–Crippen LogP) is 0.566. The molecule has 0 radical (unpaired) electrons. The molecular formula is C8H16N2O. The molecule has 1 heterocycles. The number of nitrogens with one attached hydrogen (secondary N) is 1. The number of carbonyl (C=O) groups excluding carboxylic acids is 1. The smallest absolute Gasteiger partial charge is 0.235 e. The number of nitrogens with zero attached hydrogens (tertiary/aromatic N) is 1. The lowest BCUT2D eigenvalue weighted by Gasteiger charge is -2.10. The molecule has 0 saturated carbocycles. The molecule has 1 aliphatic rings. The molecule has 0 aromatic rings. The minimum atomic E-state index is 0.168. The lowest BCUT2D eigenvalue weighted by atomic mass is 10.2. The summed E-state index contributed by atoms with van der Waals surface area (Å²) in [7, 11) is 0. The quantitative estimate of drug-likeness (QED) is 0.603. The molecule has 64 valence electrons. The van der Waals surface area contributed by atoms with Gasteiger partial charge in [0.05, 0.1) is 13.2 Å². The number of carbonyl (C=O) groups is 1. The molecule has 1 fully saturated rings. The number of amides is 1. The van der Waals surface area contributed by atoms with Crippen LogP contribution in [0.4, 0.5) is 0 Å². The van der Waals surface area contributed by atoms with E-state index in [4.69, 9.17) is 0 Å². The number of rotatable bonds is 4. The first-order chi connectivity index (χ1) is 5.33. The Balaban J connectivity index is 2.04. The van der Waals surface area contributed by atoms with Gasteiger partial charge in [0.2, 0.25) is 5.91 Å². The van der Waals surface area contributed by atoms with E-state index >= 15 is 0 Å². The second kappa shape index (κ2) is 4.34.